The van der Waals surface area contributed by atoms with Crippen LogP contribution in [-0.4, -0.2) is 48.6 Å². The van der Waals surface area contributed by atoms with Gasteiger partial charge in [0.1, 0.15) is 5.82 Å². The van der Waals surface area contributed by atoms with E-state index in [0.29, 0.717) is 21.8 Å². The molecule has 0 bridgehead atoms. The molecule has 0 unspecified atom stereocenters. The van der Waals surface area contributed by atoms with Crippen LogP contribution in [-0.2, 0) is 17.0 Å². The van der Waals surface area contributed by atoms with Crippen molar-refractivity contribution in [3.63, 3.8) is 0 Å². The third kappa shape index (κ3) is 2.79. The maximum Gasteiger partial charge on any atom is 0.453 e. The Bertz CT molecular complexity index is 706. The van der Waals surface area contributed by atoms with Crippen molar-refractivity contribution >= 4 is 22.3 Å². The number of halogens is 3. The normalized spacial score (nSPS) is 22.9. The zero-order valence-corrected chi connectivity index (χ0v) is 12.6. The maximum atomic E-state index is 12.9. The van der Waals surface area contributed by atoms with Gasteiger partial charge in [-0.1, -0.05) is 0 Å². The predicted octanol–water partition coefficient (Wildman–Crippen LogP) is 1.49. The lowest BCUT2D eigenvalue weighted by Gasteiger charge is -2.31. The van der Waals surface area contributed by atoms with E-state index in [1.165, 1.54) is 6.07 Å². The standard InChI is InChI=1S/C12H14F3N5OS/c1-19(8-4-6-22(21)7-5-8)10-3-2-9-16-17-11(12(13,14)15)20(9)18-10/h2-3,8H,4-7H2,1H3. The number of anilines is 1. The van der Waals surface area contributed by atoms with Crippen molar-refractivity contribution in [2.75, 3.05) is 23.5 Å². The Hall–Kier alpha value is -1.71. The van der Waals surface area contributed by atoms with E-state index in [9.17, 15) is 17.4 Å². The summed E-state index contributed by atoms with van der Waals surface area (Å²) in [5.74, 6) is 0.494. The van der Waals surface area contributed by atoms with Crippen LogP contribution in [0.2, 0.25) is 0 Å². The van der Waals surface area contributed by atoms with Crippen molar-refractivity contribution in [1.29, 1.82) is 0 Å². The molecule has 10 heteroatoms. The second kappa shape index (κ2) is 5.49. The van der Waals surface area contributed by atoms with E-state index in [2.05, 4.69) is 15.3 Å². The van der Waals surface area contributed by atoms with Crippen molar-refractivity contribution < 1.29 is 17.4 Å². The minimum absolute atomic E-state index is 0.0502. The van der Waals surface area contributed by atoms with E-state index in [4.69, 9.17) is 0 Å². The Morgan fingerprint density at radius 3 is 2.59 bits per heavy atom. The van der Waals surface area contributed by atoms with E-state index in [1.54, 1.807) is 13.1 Å². The smallest absolute Gasteiger partial charge is 0.355 e. The fourth-order valence-corrected chi connectivity index (χ4v) is 3.77. The molecule has 1 fully saturated rings. The average Bonchev–Trinajstić information content (AvgIpc) is 2.90. The first-order chi connectivity index (χ1) is 10.4. The molecule has 0 amide bonds. The highest BCUT2D eigenvalue weighted by Gasteiger charge is 2.37. The van der Waals surface area contributed by atoms with Crippen LogP contribution in [0.1, 0.15) is 18.7 Å². The third-order valence-electron chi connectivity index (χ3n) is 3.77. The van der Waals surface area contributed by atoms with Crippen LogP contribution in [0, 0.1) is 0 Å². The van der Waals surface area contributed by atoms with Crippen LogP contribution in [0.25, 0.3) is 5.65 Å². The second-order valence-electron chi connectivity index (χ2n) is 5.17. The Morgan fingerprint density at radius 2 is 1.95 bits per heavy atom. The fourth-order valence-electron chi connectivity index (χ4n) is 2.50. The number of fused-ring (bicyclic) bond motifs is 1. The topological polar surface area (TPSA) is 63.4 Å². The molecule has 1 aliphatic heterocycles. The first-order valence-corrected chi connectivity index (χ1v) is 8.22. The Morgan fingerprint density at radius 1 is 1.27 bits per heavy atom. The lowest BCUT2D eigenvalue weighted by atomic mass is 10.1. The summed E-state index contributed by atoms with van der Waals surface area (Å²) < 4.78 is 50.7. The zero-order chi connectivity index (χ0) is 15.9. The van der Waals surface area contributed by atoms with Crippen molar-refractivity contribution in [3.05, 3.63) is 18.0 Å². The van der Waals surface area contributed by atoms with E-state index in [-0.39, 0.29) is 11.7 Å². The molecule has 0 saturated carbocycles. The molecule has 1 saturated heterocycles. The minimum Gasteiger partial charge on any atom is -0.355 e. The SMILES string of the molecule is CN(c1ccc2nnc(C(F)(F)F)n2n1)C1CCS(=O)CC1. The van der Waals surface area contributed by atoms with E-state index in [0.717, 1.165) is 12.8 Å². The molecule has 0 N–H and O–H groups in total. The Labute approximate surface area is 126 Å². The summed E-state index contributed by atoms with van der Waals surface area (Å²) in [5.41, 5.74) is 0.0502. The summed E-state index contributed by atoms with van der Waals surface area (Å²) in [7, 11) is 0.996. The molecule has 3 rings (SSSR count). The predicted molar refractivity (Wildman–Crippen MR) is 75.1 cm³/mol. The number of nitrogens with zero attached hydrogens (tertiary/aromatic N) is 5. The van der Waals surface area contributed by atoms with Gasteiger partial charge in [0.15, 0.2) is 5.65 Å². The molecule has 0 aromatic carbocycles. The summed E-state index contributed by atoms with van der Waals surface area (Å²) in [5, 5.41) is 10.7. The van der Waals surface area contributed by atoms with Crippen LogP contribution < -0.4 is 4.90 Å². The van der Waals surface area contributed by atoms with E-state index >= 15 is 0 Å². The van der Waals surface area contributed by atoms with Gasteiger partial charge in [-0.25, -0.2) is 0 Å². The van der Waals surface area contributed by atoms with Crippen LogP contribution in [0.3, 0.4) is 0 Å². The number of hydrogen-bond acceptors (Lipinski definition) is 5. The number of aromatic nitrogens is 4. The Kier molecular flexibility index (Phi) is 3.79. The largest absolute Gasteiger partial charge is 0.453 e. The second-order valence-corrected chi connectivity index (χ2v) is 6.87. The highest BCUT2D eigenvalue weighted by molar-refractivity contribution is 7.85. The van der Waals surface area contributed by atoms with Gasteiger partial charge in [0, 0.05) is 35.4 Å². The number of alkyl halides is 3. The van der Waals surface area contributed by atoms with E-state index < -0.39 is 22.8 Å². The summed E-state index contributed by atoms with van der Waals surface area (Å²) in [6, 6.07) is 3.20. The van der Waals surface area contributed by atoms with Crippen LogP contribution >= 0.6 is 0 Å². The first kappa shape index (κ1) is 15.2. The average molecular weight is 333 g/mol. The van der Waals surface area contributed by atoms with Gasteiger partial charge in [-0.05, 0) is 25.0 Å². The molecule has 6 nitrogen and oxygen atoms in total. The molecule has 0 spiro atoms. The van der Waals surface area contributed by atoms with Crippen LogP contribution in [0.4, 0.5) is 19.0 Å². The molecular formula is C12H14F3N5OS. The monoisotopic (exact) mass is 333 g/mol. The highest BCUT2D eigenvalue weighted by Crippen LogP contribution is 2.28. The van der Waals surface area contributed by atoms with Gasteiger partial charge in [-0.3, -0.25) is 4.21 Å². The van der Waals surface area contributed by atoms with Gasteiger partial charge in [-0.15, -0.1) is 15.3 Å². The summed E-state index contributed by atoms with van der Waals surface area (Å²) >= 11 is 0. The molecule has 0 atom stereocenters. The molecule has 1 aliphatic rings. The number of hydrogen-bond donors (Lipinski definition) is 0. The molecule has 22 heavy (non-hydrogen) atoms. The number of rotatable bonds is 2. The van der Waals surface area contributed by atoms with Gasteiger partial charge < -0.3 is 4.90 Å². The van der Waals surface area contributed by atoms with Gasteiger partial charge in [0.25, 0.3) is 5.82 Å². The molecule has 3 heterocycles. The van der Waals surface area contributed by atoms with Crippen molar-refractivity contribution in [3.8, 4) is 0 Å². The highest BCUT2D eigenvalue weighted by atomic mass is 32.2. The quantitative estimate of drug-likeness (QED) is 0.833. The zero-order valence-electron chi connectivity index (χ0n) is 11.7. The molecule has 0 aliphatic carbocycles. The lowest BCUT2D eigenvalue weighted by Crippen LogP contribution is -2.38. The van der Waals surface area contributed by atoms with Crippen molar-refractivity contribution in [1.82, 2.24) is 19.8 Å². The summed E-state index contributed by atoms with van der Waals surface area (Å²) in [6.07, 6.45) is -3.14. The molecule has 2 aromatic heterocycles. The fraction of sp³-hybridized carbons (Fsp3) is 0.583. The van der Waals surface area contributed by atoms with Crippen molar-refractivity contribution in [2.24, 2.45) is 0 Å². The molecule has 2 aromatic rings. The van der Waals surface area contributed by atoms with Gasteiger partial charge in [0.05, 0.1) is 0 Å². The van der Waals surface area contributed by atoms with Crippen LogP contribution in [0.5, 0.6) is 0 Å². The van der Waals surface area contributed by atoms with E-state index in [1.807, 2.05) is 4.90 Å². The lowest BCUT2D eigenvalue weighted by molar-refractivity contribution is -0.146. The van der Waals surface area contributed by atoms with Gasteiger partial charge >= 0.3 is 6.18 Å². The van der Waals surface area contributed by atoms with Gasteiger partial charge in [0.2, 0.25) is 0 Å². The van der Waals surface area contributed by atoms with Gasteiger partial charge in [-0.2, -0.15) is 17.7 Å². The first-order valence-electron chi connectivity index (χ1n) is 6.74. The third-order valence-corrected chi connectivity index (χ3v) is 5.15. The molecule has 120 valence electrons. The Balaban J connectivity index is 1.92. The summed E-state index contributed by atoms with van der Waals surface area (Å²) in [6.45, 7) is 0. The molecular weight excluding hydrogens is 319 g/mol. The molecule has 0 radical (unpaired) electrons. The summed E-state index contributed by atoms with van der Waals surface area (Å²) in [4.78, 5) is 1.83. The maximum absolute atomic E-state index is 12.9. The minimum atomic E-state index is -4.61. The van der Waals surface area contributed by atoms with Crippen molar-refractivity contribution in [2.45, 2.75) is 25.1 Å². The van der Waals surface area contributed by atoms with Crippen LogP contribution in [0.15, 0.2) is 12.1 Å².